The maximum Gasteiger partial charge on any atom is 0.293 e. The second-order valence-electron chi connectivity index (χ2n) is 4.09. The highest BCUT2D eigenvalue weighted by molar-refractivity contribution is 9.11. The van der Waals surface area contributed by atoms with E-state index in [-0.39, 0.29) is 5.69 Å². The van der Waals surface area contributed by atoms with Crippen molar-refractivity contribution in [2.24, 2.45) is 0 Å². The highest BCUT2D eigenvalue weighted by Crippen LogP contribution is 2.17. The minimum absolute atomic E-state index is 0.277. The minimum atomic E-state index is -0.733. The second kappa shape index (κ2) is 7.04. The lowest BCUT2D eigenvalue weighted by Crippen LogP contribution is -2.24. The molecule has 0 unspecified atom stereocenters. The molecule has 108 valence electrons. The van der Waals surface area contributed by atoms with Crippen LogP contribution in [0.15, 0.2) is 27.0 Å². The zero-order valence-corrected chi connectivity index (χ0v) is 13.0. The van der Waals surface area contributed by atoms with E-state index >= 15 is 0 Å². The molecule has 0 fully saturated rings. The predicted octanol–water partition coefficient (Wildman–Crippen LogP) is 1.62. The van der Waals surface area contributed by atoms with Crippen molar-refractivity contribution >= 4 is 21.8 Å². The van der Waals surface area contributed by atoms with Gasteiger partial charge in [-0.1, -0.05) is 33.7 Å². The molecule has 3 N–H and O–H groups in total. The third-order valence-corrected chi connectivity index (χ3v) is 3.48. The molecule has 0 spiro atoms. The number of hydrogen-bond acceptors (Lipinski definition) is 4. The van der Waals surface area contributed by atoms with Crippen molar-refractivity contribution < 1.29 is 9.90 Å². The second-order valence-corrected chi connectivity index (χ2v) is 4.95. The zero-order valence-electron chi connectivity index (χ0n) is 11.5. The molecule has 1 heterocycles. The number of halogens is 1. The Morgan fingerprint density at radius 3 is 2.75 bits per heavy atom. The monoisotopic (exact) mass is 341 g/mol. The van der Waals surface area contributed by atoms with Crippen molar-refractivity contribution in [2.75, 3.05) is 7.05 Å². The summed E-state index contributed by atoms with van der Waals surface area (Å²) in [4.78, 5) is 29.6. The van der Waals surface area contributed by atoms with Gasteiger partial charge in [0, 0.05) is 18.0 Å². The summed E-state index contributed by atoms with van der Waals surface area (Å²) >= 11 is 3.40. The highest BCUT2D eigenvalue weighted by atomic mass is 79.9. The molecule has 0 aromatic carbocycles. The summed E-state index contributed by atoms with van der Waals surface area (Å²) < 4.78 is 0.872. The normalized spacial score (nSPS) is 12.4. The van der Waals surface area contributed by atoms with E-state index in [1.54, 1.807) is 0 Å². The summed E-state index contributed by atoms with van der Waals surface area (Å²) in [6.45, 7) is 3.76. The summed E-state index contributed by atoms with van der Waals surface area (Å²) in [5, 5.41) is 11.9. The molecule has 0 radical (unpaired) electrons. The van der Waals surface area contributed by atoms with Gasteiger partial charge in [0.1, 0.15) is 5.82 Å². The van der Waals surface area contributed by atoms with Gasteiger partial charge in [-0.15, -0.1) is 0 Å². The first-order valence-electron chi connectivity index (χ1n) is 5.92. The lowest BCUT2D eigenvalue weighted by atomic mass is 10.2. The number of nitrogens with one attached hydrogen (secondary N) is 2. The molecule has 20 heavy (non-hydrogen) atoms. The molecule has 1 aromatic rings. The SMILES string of the molecule is CC=CC(Br)=C(C)Cc1nc(C(=O)NC)c(O)c(=O)[nH]1. The summed E-state index contributed by atoms with van der Waals surface area (Å²) in [5.41, 5.74) is -0.0791. The Morgan fingerprint density at radius 1 is 1.55 bits per heavy atom. The van der Waals surface area contributed by atoms with E-state index in [0.717, 1.165) is 10.1 Å². The van der Waals surface area contributed by atoms with Crippen molar-refractivity contribution in [1.82, 2.24) is 15.3 Å². The van der Waals surface area contributed by atoms with Crippen LogP contribution in [0, 0.1) is 0 Å². The number of hydrogen-bond donors (Lipinski definition) is 3. The number of aromatic amines is 1. The van der Waals surface area contributed by atoms with E-state index in [1.165, 1.54) is 7.05 Å². The fraction of sp³-hybridized carbons (Fsp3) is 0.308. The standard InChI is InChI=1S/C13H16BrN3O3/c1-4-5-8(14)7(2)6-9-16-10(12(19)15-3)11(18)13(20)17-9/h4-5,18H,6H2,1-3H3,(H,15,19)(H,16,17,20). The molecule has 0 saturated carbocycles. The van der Waals surface area contributed by atoms with E-state index in [9.17, 15) is 14.7 Å². The van der Waals surface area contributed by atoms with Gasteiger partial charge in [-0.3, -0.25) is 9.59 Å². The average molecular weight is 342 g/mol. The van der Waals surface area contributed by atoms with Crippen LogP contribution in [-0.2, 0) is 6.42 Å². The summed E-state index contributed by atoms with van der Waals surface area (Å²) in [7, 11) is 1.40. The van der Waals surface area contributed by atoms with E-state index in [0.29, 0.717) is 12.2 Å². The zero-order chi connectivity index (χ0) is 15.3. The van der Waals surface area contributed by atoms with Crippen molar-refractivity contribution in [2.45, 2.75) is 20.3 Å². The van der Waals surface area contributed by atoms with Crippen molar-refractivity contribution in [3.8, 4) is 5.75 Å². The molecule has 0 aliphatic heterocycles. The molecule has 0 saturated heterocycles. The Hall–Kier alpha value is -1.89. The molecular weight excluding hydrogens is 326 g/mol. The fourth-order valence-corrected chi connectivity index (χ4v) is 1.90. The third-order valence-electron chi connectivity index (χ3n) is 2.54. The number of carbonyl (C=O) groups excluding carboxylic acids is 1. The van der Waals surface area contributed by atoms with Crippen LogP contribution in [0.5, 0.6) is 5.75 Å². The van der Waals surface area contributed by atoms with Gasteiger partial charge in [-0.2, -0.15) is 0 Å². The number of aromatic hydroxyl groups is 1. The summed E-state index contributed by atoms with van der Waals surface area (Å²) in [5.74, 6) is -0.975. The number of amides is 1. The minimum Gasteiger partial charge on any atom is -0.501 e. The topological polar surface area (TPSA) is 95.1 Å². The van der Waals surface area contributed by atoms with Crippen molar-refractivity contribution in [3.05, 3.63) is 44.1 Å². The Kier molecular flexibility index (Phi) is 5.69. The smallest absolute Gasteiger partial charge is 0.293 e. The van der Waals surface area contributed by atoms with Gasteiger partial charge in [0.15, 0.2) is 5.69 Å². The van der Waals surface area contributed by atoms with Crippen LogP contribution >= 0.6 is 15.9 Å². The number of rotatable bonds is 4. The van der Waals surface area contributed by atoms with Gasteiger partial charge < -0.3 is 15.4 Å². The van der Waals surface area contributed by atoms with E-state index in [4.69, 9.17) is 0 Å². The Morgan fingerprint density at radius 2 is 2.20 bits per heavy atom. The first kappa shape index (κ1) is 16.2. The van der Waals surface area contributed by atoms with Crippen LogP contribution < -0.4 is 10.9 Å². The Bertz CT molecular complexity index is 632. The molecule has 1 rings (SSSR count). The van der Waals surface area contributed by atoms with Crippen LogP contribution in [0.1, 0.15) is 30.2 Å². The molecule has 0 atom stereocenters. The Labute approximate surface area is 124 Å². The average Bonchev–Trinajstić information content (AvgIpc) is 2.41. The molecule has 1 amide bonds. The van der Waals surface area contributed by atoms with Crippen molar-refractivity contribution in [1.29, 1.82) is 0 Å². The number of H-pyrrole nitrogens is 1. The van der Waals surface area contributed by atoms with Crippen LogP contribution in [0.2, 0.25) is 0 Å². The highest BCUT2D eigenvalue weighted by Gasteiger charge is 2.16. The van der Waals surface area contributed by atoms with Gasteiger partial charge in [0.25, 0.3) is 11.5 Å². The van der Waals surface area contributed by atoms with Crippen LogP contribution in [0.25, 0.3) is 0 Å². The molecule has 1 aromatic heterocycles. The maximum atomic E-state index is 11.6. The molecule has 0 aliphatic rings. The molecule has 0 aliphatic carbocycles. The first-order chi connectivity index (χ1) is 9.40. The molecule has 0 bridgehead atoms. The lowest BCUT2D eigenvalue weighted by molar-refractivity contribution is 0.0954. The number of carbonyl (C=O) groups is 1. The number of nitrogens with zero attached hydrogens (tertiary/aromatic N) is 1. The quantitative estimate of drug-likeness (QED) is 0.725. The third kappa shape index (κ3) is 3.80. The fourth-order valence-electron chi connectivity index (χ4n) is 1.50. The van der Waals surface area contributed by atoms with E-state index < -0.39 is 17.2 Å². The molecule has 6 nitrogen and oxygen atoms in total. The van der Waals surface area contributed by atoms with Gasteiger partial charge in [0.05, 0.1) is 0 Å². The summed E-state index contributed by atoms with van der Waals surface area (Å²) in [6.07, 6.45) is 4.09. The van der Waals surface area contributed by atoms with Crippen molar-refractivity contribution in [3.63, 3.8) is 0 Å². The van der Waals surface area contributed by atoms with Crippen LogP contribution in [0.4, 0.5) is 0 Å². The molecule has 7 heteroatoms. The molecular formula is C13H16BrN3O3. The van der Waals surface area contributed by atoms with E-state index in [1.807, 2.05) is 26.0 Å². The predicted molar refractivity (Wildman–Crippen MR) is 80.1 cm³/mol. The van der Waals surface area contributed by atoms with Gasteiger partial charge in [-0.05, 0) is 13.8 Å². The van der Waals surface area contributed by atoms with Gasteiger partial charge >= 0.3 is 0 Å². The van der Waals surface area contributed by atoms with Gasteiger partial charge in [0.2, 0.25) is 5.75 Å². The first-order valence-corrected chi connectivity index (χ1v) is 6.72. The number of allylic oxidation sites excluding steroid dienone is 4. The van der Waals surface area contributed by atoms with E-state index in [2.05, 4.69) is 31.2 Å². The van der Waals surface area contributed by atoms with Crippen LogP contribution in [0.3, 0.4) is 0 Å². The largest absolute Gasteiger partial charge is 0.501 e. The lowest BCUT2D eigenvalue weighted by Gasteiger charge is -2.06. The number of aromatic nitrogens is 2. The Balaban J connectivity index is 3.22. The maximum absolute atomic E-state index is 11.6. The van der Waals surface area contributed by atoms with Crippen LogP contribution in [-0.4, -0.2) is 28.0 Å². The van der Waals surface area contributed by atoms with Gasteiger partial charge in [-0.25, -0.2) is 4.98 Å². The summed E-state index contributed by atoms with van der Waals surface area (Å²) in [6, 6.07) is 0.